The molecular weight excluding hydrogens is 387 g/mol. The molecule has 0 radical (unpaired) electrons. The van der Waals surface area contributed by atoms with Crippen molar-refractivity contribution in [1.82, 2.24) is 0 Å². The minimum atomic E-state index is -3.81. The summed E-state index contributed by atoms with van der Waals surface area (Å²) >= 11 is 0. The molecule has 1 aliphatic rings. The van der Waals surface area contributed by atoms with Gasteiger partial charge in [0.1, 0.15) is 5.75 Å². The number of alkyl halides is 2. The molecule has 3 rings (SSSR count). The first-order valence-corrected chi connectivity index (χ1v) is 9.73. The van der Waals surface area contributed by atoms with E-state index >= 15 is 0 Å². The van der Waals surface area contributed by atoms with Crippen molar-refractivity contribution in [3.8, 4) is 5.75 Å². The van der Waals surface area contributed by atoms with Crippen molar-refractivity contribution in [2.45, 2.75) is 51.1 Å². The zero-order valence-corrected chi connectivity index (χ0v) is 16.1. The molecule has 0 aliphatic heterocycles. The number of hydrogen-bond acceptors (Lipinski definition) is 1. The third-order valence-corrected chi connectivity index (χ3v) is 5.47. The van der Waals surface area contributed by atoms with E-state index in [9.17, 15) is 22.0 Å². The van der Waals surface area contributed by atoms with Gasteiger partial charge in [-0.2, -0.15) is 8.78 Å². The van der Waals surface area contributed by atoms with E-state index in [4.69, 9.17) is 0 Å². The zero-order chi connectivity index (χ0) is 21.0. The van der Waals surface area contributed by atoms with E-state index in [-0.39, 0.29) is 0 Å². The summed E-state index contributed by atoms with van der Waals surface area (Å²) in [5, 5.41) is 0. The maximum Gasteiger partial charge on any atom is 0.426 e. The maximum absolute atomic E-state index is 14.4. The van der Waals surface area contributed by atoms with E-state index in [2.05, 4.69) is 16.9 Å². The fourth-order valence-electron chi connectivity index (χ4n) is 3.81. The van der Waals surface area contributed by atoms with Gasteiger partial charge >= 0.3 is 6.11 Å². The topological polar surface area (TPSA) is 9.23 Å². The van der Waals surface area contributed by atoms with Crippen LogP contribution in [0.25, 0.3) is 0 Å². The summed E-state index contributed by atoms with van der Waals surface area (Å²) in [6.45, 7) is 2.01. The van der Waals surface area contributed by atoms with Gasteiger partial charge in [0.2, 0.25) is 0 Å². The average Bonchev–Trinajstić information content (AvgIpc) is 2.70. The number of benzene rings is 2. The van der Waals surface area contributed by atoms with Crippen molar-refractivity contribution in [3.05, 3.63) is 77.1 Å². The highest BCUT2D eigenvalue weighted by molar-refractivity contribution is 5.30. The van der Waals surface area contributed by atoms with E-state index in [0.29, 0.717) is 24.0 Å². The van der Waals surface area contributed by atoms with Crippen LogP contribution in [0.15, 0.2) is 48.6 Å². The largest absolute Gasteiger partial charge is 0.429 e. The third-order valence-electron chi connectivity index (χ3n) is 5.47. The van der Waals surface area contributed by atoms with Gasteiger partial charge in [0.15, 0.2) is 17.5 Å². The molecular formula is C23H23F5O. The van der Waals surface area contributed by atoms with Crippen LogP contribution >= 0.6 is 0 Å². The first-order valence-electron chi connectivity index (χ1n) is 9.73. The van der Waals surface area contributed by atoms with Gasteiger partial charge in [-0.25, -0.2) is 13.2 Å². The molecule has 0 atom stereocenters. The summed E-state index contributed by atoms with van der Waals surface area (Å²) in [4.78, 5) is 0. The summed E-state index contributed by atoms with van der Waals surface area (Å²) < 4.78 is 72.7. The second-order valence-electron chi connectivity index (χ2n) is 7.46. The van der Waals surface area contributed by atoms with E-state index in [1.54, 1.807) is 12.1 Å². The van der Waals surface area contributed by atoms with Crippen LogP contribution in [0.1, 0.15) is 56.1 Å². The molecule has 1 fully saturated rings. The van der Waals surface area contributed by atoms with Crippen molar-refractivity contribution in [3.63, 3.8) is 0 Å². The van der Waals surface area contributed by atoms with E-state index in [1.165, 1.54) is 12.1 Å². The standard InChI is InChI=1S/C23H23F5O/c1-2-3-4-15-5-7-16(8-6-15)17-9-11-18(12-10-17)23(27,28)29-19-13-20(24)22(26)21(25)14-19/h2-3,9-16H,4-8H2,1H3/b3-2-/t15-,16-. The maximum atomic E-state index is 14.4. The lowest BCUT2D eigenvalue weighted by Gasteiger charge is -2.28. The molecule has 6 heteroatoms. The number of halogens is 5. The quantitative estimate of drug-likeness (QED) is 0.273. The third kappa shape index (κ3) is 5.17. The van der Waals surface area contributed by atoms with Crippen LogP contribution in [0, 0.1) is 23.4 Å². The molecule has 0 aromatic heterocycles. The van der Waals surface area contributed by atoms with Crippen LogP contribution in [0.2, 0.25) is 0 Å². The first-order chi connectivity index (χ1) is 13.8. The fourth-order valence-corrected chi connectivity index (χ4v) is 3.81. The highest BCUT2D eigenvalue weighted by Gasteiger charge is 2.35. The minimum absolute atomic E-state index is 0.334. The van der Waals surface area contributed by atoms with E-state index in [0.717, 1.165) is 37.7 Å². The van der Waals surface area contributed by atoms with Gasteiger partial charge in [0.05, 0.1) is 5.56 Å². The summed E-state index contributed by atoms with van der Waals surface area (Å²) in [5.41, 5.74) is 0.557. The van der Waals surface area contributed by atoms with Crippen molar-refractivity contribution in [2.24, 2.45) is 5.92 Å². The lowest BCUT2D eigenvalue weighted by Crippen LogP contribution is -2.22. The molecule has 0 unspecified atom stereocenters. The normalized spacial score (nSPS) is 20.2. The second kappa shape index (κ2) is 8.97. The zero-order valence-electron chi connectivity index (χ0n) is 16.1. The molecule has 0 heterocycles. The molecule has 1 aliphatic carbocycles. The molecule has 0 saturated heterocycles. The fraction of sp³-hybridized carbons (Fsp3) is 0.391. The summed E-state index contributed by atoms with van der Waals surface area (Å²) in [6.07, 6.45) is 5.76. The number of ether oxygens (including phenoxy) is 1. The lowest BCUT2D eigenvalue weighted by atomic mass is 9.77. The molecule has 156 valence electrons. The monoisotopic (exact) mass is 410 g/mol. The Morgan fingerprint density at radius 2 is 1.55 bits per heavy atom. The molecule has 0 spiro atoms. The Morgan fingerprint density at radius 3 is 2.10 bits per heavy atom. The molecule has 1 nitrogen and oxygen atoms in total. The van der Waals surface area contributed by atoms with E-state index < -0.39 is 34.9 Å². The van der Waals surface area contributed by atoms with E-state index in [1.807, 2.05) is 6.92 Å². The Kier molecular flexibility index (Phi) is 6.60. The highest BCUT2D eigenvalue weighted by Crippen LogP contribution is 2.39. The van der Waals surface area contributed by atoms with Crippen LogP contribution < -0.4 is 4.74 Å². The van der Waals surface area contributed by atoms with Crippen molar-refractivity contribution >= 4 is 0 Å². The summed E-state index contributed by atoms with van der Waals surface area (Å²) in [6, 6.07) is 6.61. The van der Waals surface area contributed by atoms with Crippen molar-refractivity contribution in [1.29, 1.82) is 0 Å². The Bertz CT molecular complexity index is 829. The highest BCUT2D eigenvalue weighted by atomic mass is 19.3. The van der Waals surface area contributed by atoms with Crippen molar-refractivity contribution in [2.75, 3.05) is 0 Å². The number of hydrogen-bond donors (Lipinski definition) is 0. The molecule has 0 bridgehead atoms. The smallest absolute Gasteiger partial charge is 0.426 e. The molecule has 29 heavy (non-hydrogen) atoms. The summed E-state index contributed by atoms with van der Waals surface area (Å²) in [7, 11) is 0. The van der Waals surface area contributed by atoms with Gasteiger partial charge < -0.3 is 4.74 Å². The second-order valence-corrected chi connectivity index (χ2v) is 7.46. The Morgan fingerprint density at radius 1 is 0.966 bits per heavy atom. The first kappa shape index (κ1) is 21.3. The van der Waals surface area contributed by atoms with Crippen LogP contribution in [0.4, 0.5) is 22.0 Å². The summed E-state index contributed by atoms with van der Waals surface area (Å²) in [5.74, 6) is -4.68. The van der Waals surface area contributed by atoms with Crippen LogP contribution in [-0.2, 0) is 6.11 Å². The molecule has 0 N–H and O–H groups in total. The lowest BCUT2D eigenvalue weighted by molar-refractivity contribution is -0.185. The predicted octanol–water partition coefficient (Wildman–Crippen LogP) is 7.47. The van der Waals surface area contributed by atoms with Gasteiger partial charge in [0, 0.05) is 12.1 Å². The Hall–Kier alpha value is -2.37. The molecule has 2 aromatic rings. The number of allylic oxidation sites excluding steroid dienone is 2. The van der Waals surface area contributed by atoms with Crippen LogP contribution in [0.5, 0.6) is 5.75 Å². The van der Waals surface area contributed by atoms with Crippen LogP contribution in [-0.4, -0.2) is 0 Å². The minimum Gasteiger partial charge on any atom is -0.429 e. The predicted molar refractivity (Wildman–Crippen MR) is 101 cm³/mol. The van der Waals surface area contributed by atoms with Crippen molar-refractivity contribution < 1.29 is 26.7 Å². The molecule has 0 amide bonds. The molecule has 2 aromatic carbocycles. The van der Waals surface area contributed by atoms with Gasteiger partial charge in [0.25, 0.3) is 0 Å². The number of rotatable bonds is 6. The SMILES string of the molecule is C/C=C\C[C@H]1CC[C@H](c2ccc(C(F)(F)Oc3cc(F)c(F)c(F)c3)cc2)CC1. The van der Waals surface area contributed by atoms with Gasteiger partial charge in [-0.05, 0) is 68.6 Å². The van der Waals surface area contributed by atoms with Gasteiger partial charge in [-0.3, -0.25) is 0 Å². The van der Waals surface area contributed by atoms with Crippen LogP contribution in [0.3, 0.4) is 0 Å². The average molecular weight is 410 g/mol. The Labute approximate surface area is 167 Å². The Balaban J connectivity index is 1.66. The van der Waals surface area contributed by atoms with Gasteiger partial charge in [-0.15, -0.1) is 0 Å². The van der Waals surface area contributed by atoms with Gasteiger partial charge in [-0.1, -0.05) is 24.3 Å². The molecule has 1 saturated carbocycles.